The Hall–Kier alpha value is -3.32. The van der Waals surface area contributed by atoms with Gasteiger partial charge in [-0.25, -0.2) is 14.2 Å². The average molecular weight is 837 g/mol. The minimum Gasteiger partial charge on any atom is -0.511 e. The Morgan fingerprint density at radius 1 is 1.08 bits per heavy atom. The zero-order chi connectivity index (χ0) is 44.0. The number of aliphatic carboxylic acids is 1. The average Bonchev–Trinajstić information content (AvgIpc) is 3.45. The fourth-order valence-corrected chi connectivity index (χ4v) is 13.8. The predicted octanol–water partition coefficient (Wildman–Crippen LogP) is 12.4. The number of ether oxygens (including phenoxy) is 2. The summed E-state index contributed by atoms with van der Waals surface area (Å²) in [6, 6.07) is 0. The van der Waals surface area contributed by atoms with Gasteiger partial charge in [0.15, 0.2) is 0 Å². The molecule has 0 heterocycles. The fourth-order valence-electron chi connectivity index (χ4n) is 13.1. The van der Waals surface area contributed by atoms with Crippen molar-refractivity contribution in [3.05, 3.63) is 71.0 Å². The lowest BCUT2D eigenvalue weighted by Crippen LogP contribution is -2.62. The minimum atomic E-state index is -1.50. The zero-order valence-corrected chi connectivity index (χ0v) is 39.0. The topological polar surface area (TPSA) is 99.5 Å². The number of allylic oxidation sites excluding steroid dienone is 8. The van der Waals surface area contributed by atoms with Gasteiger partial charge in [-0.1, -0.05) is 61.6 Å². The van der Waals surface area contributed by atoms with Crippen LogP contribution in [0.3, 0.4) is 0 Å². The number of hydrogen-bond donors (Lipinski definition) is 2. The molecule has 5 aliphatic rings. The van der Waals surface area contributed by atoms with Crippen molar-refractivity contribution in [2.24, 2.45) is 45.3 Å². The Kier molecular flexibility index (Phi) is 13.6. The van der Waals surface area contributed by atoms with Crippen molar-refractivity contribution in [1.29, 1.82) is 0 Å². The fraction of sp³-hybridized carbons (Fsp3) is 0.694. The van der Waals surface area contributed by atoms with E-state index in [1.807, 2.05) is 12.1 Å². The molecule has 10 heteroatoms. The van der Waals surface area contributed by atoms with E-state index >= 15 is 0 Å². The number of carbonyl (C=O) groups is 2. The third-order valence-electron chi connectivity index (χ3n) is 16.3. The molecule has 0 spiro atoms. The van der Waals surface area contributed by atoms with Crippen molar-refractivity contribution in [2.75, 3.05) is 7.05 Å². The van der Waals surface area contributed by atoms with Crippen molar-refractivity contribution in [1.82, 2.24) is 10.0 Å². The Balaban J connectivity index is 1.48. The van der Waals surface area contributed by atoms with Gasteiger partial charge < -0.3 is 19.7 Å². The number of carboxylic acids is 1. The number of nitrogens with zero attached hydrogens (tertiary/aromatic N) is 2. The number of carboxylic acid groups (broad SMARTS) is 1. The Morgan fingerprint density at radius 3 is 2.31 bits per heavy atom. The second kappa shape index (κ2) is 17.2. The van der Waals surface area contributed by atoms with Crippen molar-refractivity contribution in [3.63, 3.8) is 0 Å². The summed E-state index contributed by atoms with van der Waals surface area (Å²) in [5, 5.41) is 26.3. The monoisotopic (exact) mass is 837 g/mol. The molecule has 0 aliphatic heterocycles. The highest BCUT2D eigenvalue weighted by atomic mass is 31.0. The van der Waals surface area contributed by atoms with Gasteiger partial charge in [0.1, 0.15) is 11.6 Å². The summed E-state index contributed by atoms with van der Waals surface area (Å²) in [7, 11) is 6.04. The van der Waals surface area contributed by atoms with Gasteiger partial charge >= 0.3 is 5.97 Å². The van der Waals surface area contributed by atoms with Gasteiger partial charge in [-0.05, 0) is 160 Å². The molecule has 2 N–H and O–H groups in total. The van der Waals surface area contributed by atoms with E-state index < -0.39 is 17.0 Å². The van der Waals surface area contributed by atoms with Crippen LogP contribution in [0.1, 0.15) is 153 Å². The number of hydrazine groups is 1. The Labute approximate surface area is 356 Å². The first-order chi connectivity index (χ1) is 27.5. The molecule has 0 radical (unpaired) electrons. The SMILES string of the molecule is C=C(C)OC(C)(CC(=C)OC(CC)CCC1(C)C2CCC3C4=C(C(C)C)C(=P)CC4(/C(=C(/C)O)N(C)N(C=O)C4=CC=C(F)CC4)CC[C@@]3(C)C2(C)CC[C@H]1C)C(=O)O. The third-order valence-corrected chi connectivity index (χ3v) is 16.8. The Bertz CT molecular complexity index is 1850. The number of hydrogen-bond acceptors (Lipinski definition) is 6. The van der Waals surface area contributed by atoms with E-state index in [1.165, 1.54) is 29.4 Å². The normalized spacial score (nSPS) is 33.6. The summed E-state index contributed by atoms with van der Waals surface area (Å²) < 4.78 is 26.2. The van der Waals surface area contributed by atoms with Gasteiger partial charge in [-0.2, -0.15) is 0 Å². The largest absolute Gasteiger partial charge is 0.511 e. The van der Waals surface area contributed by atoms with E-state index in [1.54, 1.807) is 24.9 Å². The maximum absolute atomic E-state index is 14.1. The zero-order valence-electron chi connectivity index (χ0n) is 38.0. The molecule has 3 fully saturated rings. The molecule has 7 unspecified atom stereocenters. The molecule has 328 valence electrons. The third kappa shape index (κ3) is 8.12. The van der Waals surface area contributed by atoms with Crippen LogP contribution in [-0.4, -0.2) is 56.7 Å². The molecule has 0 aromatic carbocycles. The second-order valence-corrected chi connectivity index (χ2v) is 20.7. The maximum atomic E-state index is 14.1. The van der Waals surface area contributed by atoms with Gasteiger partial charge in [0.05, 0.1) is 29.7 Å². The van der Waals surface area contributed by atoms with Crippen molar-refractivity contribution in [3.8, 4) is 0 Å². The van der Waals surface area contributed by atoms with Crippen LogP contribution in [-0.2, 0) is 19.1 Å². The van der Waals surface area contributed by atoms with E-state index in [9.17, 15) is 24.2 Å². The lowest BCUT2D eigenvalue weighted by Gasteiger charge is -2.70. The van der Waals surface area contributed by atoms with Crippen LogP contribution in [0.5, 0.6) is 0 Å². The van der Waals surface area contributed by atoms with Gasteiger partial charge in [-0.15, -0.1) is 8.86 Å². The molecule has 0 aromatic heterocycles. The second-order valence-electron chi connectivity index (χ2n) is 20.1. The van der Waals surface area contributed by atoms with Crippen LogP contribution in [0.15, 0.2) is 71.0 Å². The highest BCUT2D eigenvalue weighted by molar-refractivity contribution is 7.22. The molecule has 0 bridgehead atoms. The lowest BCUT2D eigenvalue weighted by atomic mass is 9.35. The van der Waals surface area contributed by atoms with Crippen molar-refractivity contribution >= 4 is 26.5 Å². The van der Waals surface area contributed by atoms with E-state index in [-0.39, 0.29) is 58.6 Å². The summed E-state index contributed by atoms with van der Waals surface area (Å²) in [6.45, 7) is 29.6. The summed E-state index contributed by atoms with van der Waals surface area (Å²) in [6.07, 6.45) is 14.1. The standard InChI is InChI=1S/C49H74FN2O6P/c1-14-37(57-33(7)27-48(12,44(55)56)58-31(4)5)22-23-45(9)32(6)21-24-47(11)40(45)20-19-38-42-41(30(2)3)39(59)28-49(42,26-25-46(38,47)10)43(34(8)54)51(13)52(29-53)36-17-15-35(50)16-18-36/h15,17,29-30,32,37-38,40,54,59H,4,7,14,16,18-28H2,1-3,5-6,8-13H3,(H,55,56)/b43-34+/t32-,37?,38?,40?,45?,46-,47?,48?,49?/m1/s1. The van der Waals surface area contributed by atoms with E-state index in [0.717, 1.165) is 76.3 Å². The number of rotatable bonds is 17. The molecule has 59 heavy (non-hydrogen) atoms. The number of carbonyl (C=O) groups excluding carboxylic acids is 1. The van der Waals surface area contributed by atoms with Crippen LogP contribution in [0.4, 0.5) is 4.39 Å². The number of fused-ring (bicyclic) bond motifs is 5. The molecule has 0 saturated heterocycles. The van der Waals surface area contributed by atoms with Crippen LogP contribution < -0.4 is 0 Å². The molecule has 8 nitrogen and oxygen atoms in total. The quantitative estimate of drug-likeness (QED) is 0.0651. The van der Waals surface area contributed by atoms with Gasteiger partial charge in [-0.3, -0.25) is 9.80 Å². The summed E-state index contributed by atoms with van der Waals surface area (Å²) in [4.78, 5) is 25.0. The number of amides is 1. The molecule has 3 saturated carbocycles. The number of aliphatic hydroxyl groups is 1. The molecule has 5 aliphatic carbocycles. The van der Waals surface area contributed by atoms with Crippen LogP contribution >= 0.6 is 8.86 Å². The van der Waals surface area contributed by atoms with E-state index in [2.05, 4.69) is 70.5 Å². The lowest BCUT2D eigenvalue weighted by molar-refractivity contribution is -0.185. The highest BCUT2D eigenvalue weighted by Gasteiger charge is 2.68. The van der Waals surface area contributed by atoms with Crippen molar-refractivity contribution in [2.45, 2.75) is 164 Å². The Morgan fingerprint density at radius 2 is 1.76 bits per heavy atom. The van der Waals surface area contributed by atoms with Crippen LogP contribution in [0.25, 0.3) is 0 Å². The van der Waals surface area contributed by atoms with Gasteiger partial charge in [0.2, 0.25) is 12.0 Å². The molecular formula is C49H74FN2O6P. The molecular weight excluding hydrogens is 763 g/mol. The van der Waals surface area contributed by atoms with E-state index in [0.29, 0.717) is 35.5 Å². The first-order valence-electron chi connectivity index (χ1n) is 22.1. The predicted molar refractivity (Wildman–Crippen MR) is 238 cm³/mol. The van der Waals surface area contributed by atoms with Crippen LogP contribution in [0, 0.1) is 45.3 Å². The highest BCUT2D eigenvalue weighted by Crippen LogP contribution is 2.76. The molecule has 9 atom stereocenters. The molecule has 0 aromatic rings. The number of aliphatic hydroxyl groups excluding tert-OH is 1. The first kappa shape index (κ1) is 46.7. The van der Waals surface area contributed by atoms with Crippen LogP contribution in [0.2, 0.25) is 0 Å². The maximum Gasteiger partial charge on any atom is 0.348 e. The summed E-state index contributed by atoms with van der Waals surface area (Å²) in [5.41, 5.74) is 2.31. The molecule has 5 rings (SSSR count). The number of halogens is 1. The van der Waals surface area contributed by atoms with E-state index in [4.69, 9.17) is 9.47 Å². The smallest absolute Gasteiger partial charge is 0.348 e. The van der Waals surface area contributed by atoms with Gasteiger partial charge in [0.25, 0.3) is 0 Å². The van der Waals surface area contributed by atoms with Crippen molar-refractivity contribution < 1.29 is 33.7 Å². The minimum absolute atomic E-state index is 0.0156. The molecule has 1 amide bonds. The summed E-state index contributed by atoms with van der Waals surface area (Å²) in [5.74, 6) is 1.21. The van der Waals surface area contributed by atoms with Gasteiger partial charge in [0, 0.05) is 24.6 Å². The summed E-state index contributed by atoms with van der Waals surface area (Å²) >= 11 is 0. The first-order valence-corrected chi connectivity index (χ1v) is 22.6.